The maximum Gasteiger partial charge on any atom is 0.257 e. The Labute approximate surface area is 205 Å². The minimum Gasteiger partial charge on any atom is -0.363 e. The van der Waals surface area contributed by atoms with Crippen LogP contribution in [0.15, 0.2) is 54.3 Å². The summed E-state index contributed by atoms with van der Waals surface area (Å²) in [4.78, 5) is 13.7. The molecular weight excluding hydrogens is 420 g/mol. The molecule has 1 aromatic heterocycles. The fourth-order valence-electron chi connectivity index (χ4n) is 5.07. The summed E-state index contributed by atoms with van der Waals surface area (Å²) in [6.45, 7) is 15.1. The fourth-order valence-corrected chi connectivity index (χ4v) is 5.07. The van der Waals surface area contributed by atoms with Crippen LogP contribution in [0.25, 0.3) is 0 Å². The van der Waals surface area contributed by atoms with Gasteiger partial charge in [0.15, 0.2) is 0 Å². The molecule has 1 aromatic carbocycles. The summed E-state index contributed by atoms with van der Waals surface area (Å²) in [5.41, 5.74) is 3.59. The smallest absolute Gasteiger partial charge is 0.257 e. The summed E-state index contributed by atoms with van der Waals surface area (Å²) in [7, 11) is 0. The van der Waals surface area contributed by atoms with Crippen LogP contribution < -0.4 is 10.6 Å². The van der Waals surface area contributed by atoms with Crippen LogP contribution in [0.1, 0.15) is 95.1 Å². The number of nitrogens with zero attached hydrogens (tertiary/aromatic N) is 2. The monoisotopic (exact) mass is 462 g/mol. The Hall–Kier alpha value is -2.82. The van der Waals surface area contributed by atoms with E-state index in [4.69, 9.17) is 0 Å². The Morgan fingerprint density at radius 1 is 1.24 bits per heavy atom. The summed E-state index contributed by atoms with van der Waals surface area (Å²) in [5.74, 6) is 0.719. The highest BCUT2D eigenvalue weighted by atomic mass is 16.1. The fraction of sp³-hybridized carbons (Fsp3) is 0.517. The maximum absolute atomic E-state index is 13.7. The average molecular weight is 463 g/mol. The van der Waals surface area contributed by atoms with Crippen LogP contribution in [0, 0.1) is 6.92 Å². The number of rotatable bonds is 9. The zero-order valence-electron chi connectivity index (χ0n) is 22.0. The van der Waals surface area contributed by atoms with E-state index in [9.17, 15) is 4.79 Å². The van der Waals surface area contributed by atoms with Crippen LogP contribution in [-0.4, -0.2) is 21.7 Å². The van der Waals surface area contributed by atoms with E-state index in [0.717, 1.165) is 43.5 Å². The third kappa shape index (κ3) is 5.13. The molecule has 0 bridgehead atoms. The second-order valence-corrected chi connectivity index (χ2v) is 10.1. The molecule has 1 amide bonds. The maximum atomic E-state index is 13.7. The second-order valence-electron chi connectivity index (χ2n) is 10.1. The van der Waals surface area contributed by atoms with Gasteiger partial charge in [0.1, 0.15) is 11.4 Å². The van der Waals surface area contributed by atoms with Crippen LogP contribution in [0.2, 0.25) is 0 Å². The lowest BCUT2D eigenvalue weighted by Gasteiger charge is -2.39. The molecule has 2 N–H and O–H groups in total. The summed E-state index contributed by atoms with van der Waals surface area (Å²) in [6.07, 6.45) is 12.9. The molecule has 0 aliphatic carbocycles. The molecule has 1 atom stereocenters. The molecular formula is C29H42N4O. The van der Waals surface area contributed by atoms with Gasteiger partial charge in [-0.15, -0.1) is 0 Å². The van der Waals surface area contributed by atoms with Crippen molar-refractivity contribution in [3.8, 4) is 0 Å². The van der Waals surface area contributed by atoms with E-state index in [2.05, 4.69) is 107 Å². The van der Waals surface area contributed by atoms with Crippen molar-refractivity contribution in [2.45, 2.75) is 97.7 Å². The number of anilines is 1. The van der Waals surface area contributed by atoms with E-state index < -0.39 is 5.54 Å². The number of hydrogen-bond donors (Lipinski definition) is 2. The number of benzene rings is 1. The van der Waals surface area contributed by atoms with Crippen molar-refractivity contribution in [1.82, 2.24) is 15.1 Å². The third-order valence-corrected chi connectivity index (χ3v) is 7.12. The third-order valence-electron chi connectivity index (χ3n) is 7.12. The van der Waals surface area contributed by atoms with Crippen molar-refractivity contribution in [2.75, 3.05) is 5.32 Å². The van der Waals surface area contributed by atoms with Gasteiger partial charge in [-0.25, -0.2) is 4.68 Å². The van der Waals surface area contributed by atoms with Gasteiger partial charge in [-0.3, -0.25) is 4.79 Å². The summed E-state index contributed by atoms with van der Waals surface area (Å²) in [6, 6.07) is 8.59. The Balaban J connectivity index is 1.97. The van der Waals surface area contributed by atoms with Crippen molar-refractivity contribution >= 4 is 11.7 Å². The molecule has 0 fully saturated rings. The van der Waals surface area contributed by atoms with Gasteiger partial charge in [0.05, 0.1) is 23.3 Å². The molecule has 2 aromatic rings. The number of amides is 1. The molecule has 5 nitrogen and oxygen atoms in total. The number of aromatic nitrogens is 2. The molecule has 2 heterocycles. The lowest BCUT2D eigenvalue weighted by atomic mass is 9.83. The summed E-state index contributed by atoms with van der Waals surface area (Å²) in [5, 5.41) is 11.7. The zero-order chi connectivity index (χ0) is 24.9. The number of aryl methyl sites for hydroxylation is 1. The quantitative estimate of drug-likeness (QED) is 0.400. The molecule has 0 saturated heterocycles. The molecule has 34 heavy (non-hydrogen) atoms. The van der Waals surface area contributed by atoms with Crippen molar-refractivity contribution in [1.29, 1.82) is 0 Å². The minimum atomic E-state index is -0.418. The average Bonchev–Trinajstić information content (AvgIpc) is 3.25. The Kier molecular flexibility index (Phi) is 8.06. The molecule has 1 unspecified atom stereocenters. The van der Waals surface area contributed by atoms with E-state index in [1.807, 2.05) is 4.68 Å². The predicted octanol–water partition coefficient (Wildman–Crippen LogP) is 6.86. The first-order valence-electron chi connectivity index (χ1n) is 12.8. The highest BCUT2D eigenvalue weighted by Crippen LogP contribution is 2.37. The van der Waals surface area contributed by atoms with Crippen molar-refractivity contribution in [3.63, 3.8) is 0 Å². The van der Waals surface area contributed by atoms with Crippen LogP contribution in [0.4, 0.5) is 5.82 Å². The van der Waals surface area contributed by atoms with Crippen LogP contribution in [0.3, 0.4) is 0 Å². The predicted molar refractivity (Wildman–Crippen MR) is 142 cm³/mol. The number of hydrogen-bond acceptors (Lipinski definition) is 3. The van der Waals surface area contributed by atoms with Gasteiger partial charge in [0.25, 0.3) is 5.91 Å². The SMILES string of the molecule is CC/C=C\C(=C/CC)C1CC(C)(C)n2ncc(C(=O)NC(CC)(CC)c3cccc(C)c3)c2N1. The highest BCUT2D eigenvalue weighted by Gasteiger charge is 2.38. The van der Waals surface area contributed by atoms with Gasteiger partial charge in [0, 0.05) is 0 Å². The lowest BCUT2D eigenvalue weighted by Crippen LogP contribution is -2.46. The van der Waals surface area contributed by atoms with Crippen molar-refractivity contribution in [2.24, 2.45) is 0 Å². The first-order valence-corrected chi connectivity index (χ1v) is 12.8. The van der Waals surface area contributed by atoms with Gasteiger partial charge in [-0.2, -0.15) is 5.10 Å². The van der Waals surface area contributed by atoms with Gasteiger partial charge >= 0.3 is 0 Å². The number of nitrogens with one attached hydrogen (secondary N) is 2. The molecule has 0 saturated carbocycles. The number of fused-ring (bicyclic) bond motifs is 1. The van der Waals surface area contributed by atoms with Crippen molar-refractivity contribution in [3.05, 3.63) is 71.0 Å². The molecule has 1 aliphatic rings. The summed E-state index contributed by atoms with van der Waals surface area (Å²) >= 11 is 0. The molecule has 3 rings (SSSR count). The zero-order valence-corrected chi connectivity index (χ0v) is 22.0. The topological polar surface area (TPSA) is 59.0 Å². The van der Waals surface area contributed by atoms with E-state index in [1.165, 1.54) is 11.1 Å². The lowest BCUT2D eigenvalue weighted by molar-refractivity contribution is 0.0890. The Morgan fingerprint density at radius 3 is 2.59 bits per heavy atom. The highest BCUT2D eigenvalue weighted by molar-refractivity contribution is 5.99. The number of carbonyl (C=O) groups is 1. The summed E-state index contributed by atoms with van der Waals surface area (Å²) < 4.78 is 1.98. The van der Waals surface area contributed by atoms with Gasteiger partial charge in [-0.1, -0.05) is 75.8 Å². The van der Waals surface area contributed by atoms with Crippen LogP contribution in [0.5, 0.6) is 0 Å². The van der Waals surface area contributed by atoms with Gasteiger partial charge in [0.2, 0.25) is 0 Å². The van der Waals surface area contributed by atoms with E-state index >= 15 is 0 Å². The largest absolute Gasteiger partial charge is 0.363 e. The second kappa shape index (κ2) is 10.6. The normalized spacial score (nSPS) is 18.0. The number of allylic oxidation sites excluding steroid dienone is 2. The van der Waals surface area contributed by atoms with E-state index in [0.29, 0.717) is 5.56 Å². The van der Waals surface area contributed by atoms with Crippen molar-refractivity contribution < 1.29 is 4.79 Å². The number of carbonyl (C=O) groups excluding carboxylic acids is 1. The van der Waals surface area contributed by atoms with Gasteiger partial charge in [-0.05, 0) is 64.0 Å². The molecule has 184 valence electrons. The van der Waals surface area contributed by atoms with Gasteiger partial charge < -0.3 is 10.6 Å². The standard InChI is InChI=1S/C29H42N4O/c1-8-12-16-22(14-9-2)25-19-28(6,7)33-26(31-25)24(20-30-33)27(34)32-29(10-3,11-4)23-17-13-15-21(5)18-23/h12-18,20,25,31H,8-11,19H2,1-7H3,(H,32,34)/b16-12-,22-14+. The van der Waals surface area contributed by atoms with E-state index in [-0.39, 0.29) is 17.5 Å². The Bertz CT molecular complexity index is 1060. The molecule has 5 heteroatoms. The van der Waals surface area contributed by atoms with E-state index in [1.54, 1.807) is 6.20 Å². The molecule has 0 spiro atoms. The molecule has 1 aliphatic heterocycles. The minimum absolute atomic E-state index is 0.0828. The molecule has 0 radical (unpaired) electrons. The first kappa shape index (κ1) is 25.8. The first-order chi connectivity index (χ1) is 16.2. The Morgan fingerprint density at radius 2 is 1.97 bits per heavy atom. The van der Waals surface area contributed by atoms with Crippen LogP contribution in [-0.2, 0) is 11.1 Å². The van der Waals surface area contributed by atoms with Crippen LogP contribution >= 0.6 is 0 Å².